The quantitative estimate of drug-likeness (QED) is 0.756. The Morgan fingerprint density at radius 1 is 1.31 bits per heavy atom. The van der Waals surface area contributed by atoms with Gasteiger partial charge in [0.05, 0.1) is 30.1 Å². The minimum absolute atomic E-state index is 0.0201. The maximum Gasteiger partial charge on any atom is 0.0716 e. The third-order valence-electron chi connectivity index (χ3n) is 4.15. The lowest BCUT2D eigenvalue weighted by atomic mass is 9.66. The summed E-state index contributed by atoms with van der Waals surface area (Å²) in [6, 6.07) is 11.1. The summed E-state index contributed by atoms with van der Waals surface area (Å²) >= 11 is 0. The lowest BCUT2D eigenvalue weighted by Gasteiger charge is -2.45. The Labute approximate surface area is 95.8 Å². The predicted molar refractivity (Wildman–Crippen MR) is 61.0 cm³/mol. The van der Waals surface area contributed by atoms with Crippen LogP contribution in [0.4, 0.5) is 0 Å². The van der Waals surface area contributed by atoms with Gasteiger partial charge in [-0.25, -0.2) is 0 Å². The molecule has 0 bridgehead atoms. The third kappa shape index (κ3) is 1.10. The van der Waals surface area contributed by atoms with E-state index in [0.717, 1.165) is 12.8 Å². The summed E-state index contributed by atoms with van der Waals surface area (Å²) in [6.07, 6.45) is 2.06. The fourth-order valence-electron chi connectivity index (χ4n) is 2.79. The molecule has 1 saturated carbocycles. The van der Waals surface area contributed by atoms with Crippen LogP contribution in [0.2, 0.25) is 0 Å². The Kier molecular flexibility index (Phi) is 1.90. The van der Waals surface area contributed by atoms with E-state index in [9.17, 15) is 5.26 Å². The standard InChI is InChI=1S/C14H15NO/c1-11-3-2-4-12(7-11)14(9-16-10-14)13(8-15)5-6-13/h2-4,7H,5-6,9-10H2,1H3. The Hall–Kier alpha value is -1.33. The van der Waals surface area contributed by atoms with Gasteiger partial charge in [-0.3, -0.25) is 0 Å². The highest BCUT2D eigenvalue weighted by molar-refractivity contribution is 5.40. The van der Waals surface area contributed by atoms with Crippen LogP contribution in [0.3, 0.4) is 0 Å². The number of nitrogens with zero attached hydrogens (tertiary/aromatic N) is 1. The minimum atomic E-state index is -0.140. The van der Waals surface area contributed by atoms with Crippen LogP contribution in [0.1, 0.15) is 24.0 Å². The molecule has 2 aliphatic rings. The summed E-state index contributed by atoms with van der Waals surface area (Å²) in [5, 5.41) is 9.38. The van der Waals surface area contributed by atoms with Gasteiger partial charge in [0.25, 0.3) is 0 Å². The van der Waals surface area contributed by atoms with Crippen LogP contribution in [0.25, 0.3) is 0 Å². The second kappa shape index (κ2) is 3.09. The molecule has 1 aromatic carbocycles. The maximum atomic E-state index is 9.38. The van der Waals surface area contributed by atoms with E-state index < -0.39 is 0 Å². The normalized spacial score (nSPS) is 24.2. The molecule has 0 atom stereocenters. The first kappa shape index (κ1) is 9.86. The van der Waals surface area contributed by atoms with E-state index in [0.29, 0.717) is 13.2 Å². The molecular formula is C14H15NO. The Morgan fingerprint density at radius 2 is 2.06 bits per heavy atom. The fraction of sp³-hybridized carbons (Fsp3) is 0.500. The van der Waals surface area contributed by atoms with Gasteiger partial charge in [0.2, 0.25) is 0 Å². The monoisotopic (exact) mass is 213 g/mol. The average Bonchev–Trinajstić information content (AvgIpc) is 2.98. The molecule has 0 radical (unpaired) electrons. The van der Waals surface area contributed by atoms with Crippen LogP contribution in [0.5, 0.6) is 0 Å². The average molecular weight is 213 g/mol. The van der Waals surface area contributed by atoms with Crippen molar-refractivity contribution in [2.45, 2.75) is 25.2 Å². The zero-order chi connectivity index (χ0) is 11.2. The van der Waals surface area contributed by atoms with Crippen molar-refractivity contribution in [2.75, 3.05) is 13.2 Å². The molecule has 0 N–H and O–H groups in total. The molecule has 3 rings (SSSR count). The lowest BCUT2D eigenvalue weighted by Crippen LogP contribution is -2.53. The molecule has 1 aliphatic heterocycles. The SMILES string of the molecule is Cc1cccc(C2(C3(C#N)CC3)COC2)c1. The number of nitriles is 1. The van der Waals surface area contributed by atoms with Gasteiger partial charge in [-0.2, -0.15) is 5.26 Å². The Bertz CT molecular complexity index is 464. The molecule has 0 aromatic heterocycles. The van der Waals surface area contributed by atoms with Gasteiger partial charge in [-0.05, 0) is 25.3 Å². The minimum Gasteiger partial charge on any atom is -0.379 e. The molecule has 0 spiro atoms. The Morgan fingerprint density at radius 3 is 2.50 bits per heavy atom. The zero-order valence-corrected chi connectivity index (χ0v) is 9.49. The van der Waals surface area contributed by atoms with Crippen molar-refractivity contribution in [1.82, 2.24) is 0 Å². The first-order chi connectivity index (χ1) is 7.72. The summed E-state index contributed by atoms with van der Waals surface area (Å²) in [7, 11) is 0. The van der Waals surface area contributed by atoms with Crippen LogP contribution >= 0.6 is 0 Å². The Balaban J connectivity index is 2.06. The molecule has 1 aliphatic carbocycles. The second-order valence-corrected chi connectivity index (χ2v) is 5.14. The second-order valence-electron chi connectivity index (χ2n) is 5.14. The first-order valence-electron chi connectivity index (χ1n) is 5.79. The summed E-state index contributed by atoms with van der Waals surface area (Å²) in [5.41, 5.74) is 2.39. The largest absolute Gasteiger partial charge is 0.379 e. The molecule has 1 heterocycles. The number of aryl methyl sites for hydroxylation is 1. The summed E-state index contributed by atoms with van der Waals surface area (Å²) < 4.78 is 5.41. The van der Waals surface area contributed by atoms with Crippen molar-refractivity contribution in [3.63, 3.8) is 0 Å². The predicted octanol–water partition coefficient (Wildman–Crippen LogP) is 2.57. The molecule has 0 unspecified atom stereocenters. The van der Waals surface area contributed by atoms with E-state index in [1.807, 2.05) is 0 Å². The van der Waals surface area contributed by atoms with Crippen LogP contribution in [-0.2, 0) is 10.2 Å². The van der Waals surface area contributed by atoms with Gasteiger partial charge >= 0.3 is 0 Å². The van der Waals surface area contributed by atoms with Crippen molar-refractivity contribution in [3.05, 3.63) is 35.4 Å². The van der Waals surface area contributed by atoms with Gasteiger partial charge in [-0.1, -0.05) is 29.8 Å². The molecule has 1 aromatic rings. The number of ether oxygens (including phenoxy) is 1. The van der Waals surface area contributed by atoms with Crippen molar-refractivity contribution in [1.29, 1.82) is 5.26 Å². The van der Waals surface area contributed by atoms with Crippen LogP contribution in [0, 0.1) is 23.7 Å². The summed E-state index contributed by atoms with van der Waals surface area (Å²) in [5.74, 6) is 0. The van der Waals surface area contributed by atoms with Crippen molar-refractivity contribution < 1.29 is 4.74 Å². The molecule has 2 nitrogen and oxygen atoms in total. The maximum absolute atomic E-state index is 9.38. The molecular weight excluding hydrogens is 198 g/mol. The van der Waals surface area contributed by atoms with E-state index in [4.69, 9.17) is 4.74 Å². The molecule has 16 heavy (non-hydrogen) atoms. The van der Waals surface area contributed by atoms with Crippen molar-refractivity contribution in [2.24, 2.45) is 5.41 Å². The van der Waals surface area contributed by atoms with Crippen LogP contribution < -0.4 is 0 Å². The van der Waals surface area contributed by atoms with Gasteiger partial charge in [0.15, 0.2) is 0 Å². The summed E-state index contributed by atoms with van der Waals surface area (Å²) in [6.45, 7) is 3.52. The summed E-state index contributed by atoms with van der Waals surface area (Å²) in [4.78, 5) is 0. The smallest absolute Gasteiger partial charge is 0.0716 e. The molecule has 2 heteroatoms. The topological polar surface area (TPSA) is 33.0 Å². The zero-order valence-electron chi connectivity index (χ0n) is 9.49. The number of hydrogen-bond acceptors (Lipinski definition) is 2. The van der Waals surface area contributed by atoms with Gasteiger partial charge in [0.1, 0.15) is 0 Å². The third-order valence-corrected chi connectivity index (χ3v) is 4.15. The van der Waals surface area contributed by atoms with Crippen LogP contribution in [0.15, 0.2) is 24.3 Å². The number of hydrogen-bond donors (Lipinski definition) is 0. The lowest BCUT2D eigenvalue weighted by molar-refractivity contribution is -0.0867. The van der Waals surface area contributed by atoms with Crippen LogP contribution in [-0.4, -0.2) is 13.2 Å². The van der Waals surface area contributed by atoms with E-state index >= 15 is 0 Å². The first-order valence-corrected chi connectivity index (χ1v) is 5.79. The number of benzene rings is 1. The van der Waals surface area contributed by atoms with E-state index in [1.165, 1.54) is 11.1 Å². The fourth-order valence-corrected chi connectivity index (χ4v) is 2.79. The van der Waals surface area contributed by atoms with Gasteiger partial charge < -0.3 is 4.74 Å². The van der Waals surface area contributed by atoms with Gasteiger partial charge in [-0.15, -0.1) is 0 Å². The van der Waals surface area contributed by atoms with E-state index in [1.54, 1.807) is 0 Å². The van der Waals surface area contributed by atoms with Gasteiger partial charge in [0, 0.05) is 0 Å². The number of rotatable bonds is 2. The highest BCUT2D eigenvalue weighted by atomic mass is 16.5. The molecule has 1 saturated heterocycles. The van der Waals surface area contributed by atoms with E-state index in [-0.39, 0.29) is 10.8 Å². The highest BCUT2D eigenvalue weighted by Gasteiger charge is 2.64. The van der Waals surface area contributed by atoms with Crippen molar-refractivity contribution in [3.8, 4) is 6.07 Å². The molecule has 82 valence electrons. The van der Waals surface area contributed by atoms with E-state index in [2.05, 4.69) is 37.3 Å². The molecule has 0 amide bonds. The molecule has 2 fully saturated rings. The highest BCUT2D eigenvalue weighted by Crippen LogP contribution is 2.62. The van der Waals surface area contributed by atoms with Crippen molar-refractivity contribution >= 4 is 0 Å².